The van der Waals surface area contributed by atoms with Gasteiger partial charge in [-0.2, -0.15) is 0 Å². The summed E-state index contributed by atoms with van der Waals surface area (Å²) in [5.74, 6) is -1.59. The molecule has 0 aromatic carbocycles. The highest BCUT2D eigenvalue weighted by atomic mass is 32.2. The molecule has 2 N–H and O–H groups in total. The van der Waals surface area contributed by atoms with Gasteiger partial charge in [-0.1, -0.05) is 13.8 Å². The summed E-state index contributed by atoms with van der Waals surface area (Å²) < 4.78 is 31.5. The molecule has 0 aliphatic heterocycles. The third-order valence-electron chi connectivity index (χ3n) is 2.68. The van der Waals surface area contributed by atoms with Crippen molar-refractivity contribution in [3.8, 4) is 0 Å². The molecule has 0 atom stereocenters. The first-order chi connectivity index (χ1) is 8.31. The van der Waals surface area contributed by atoms with E-state index in [1.807, 2.05) is 13.8 Å². The molecule has 1 heterocycles. The fourth-order valence-electron chi connectivity index (χ4n) is 1.58. The van der Waals surface area contributed by atoms with Crippen LogP contribution >= 0.6 is 0 Å². The Morgan fingerprint density at radius 2 is 2.00 bits per heavy atom. The molecule has 102 valence electrons. The van der Waals surface area contributed by atoms with Crippen LogP contribution in [-0.2, 0) is 10.0 Å². The van der Waals surface area contributed by atoms with Gasteiger partial charge in [0, 0.05) is 12.1 Å². The Morgan fingerprint density at radius 3 is 2.39 bits per heavy atom. The molecular weight excluding hydrogens is 258 g/mol. The van der Waals surface area contributed by atoms with Crippen molar-refractivity contribution in [2.24, 2.45) is 0 Å². The van der Waals surface area contributed by atoms with Crippen LogP contribution in [0.3, 0.4) is 0 Å². The van der Waals surface area contributed by atoms with Crippen molar-refractivity contribution < 1.29 is 22.7 Å². The first kappa shape index (κ1) is 14.7. The Morgan fingerprint density at radius 1 is 1.44 bits per heavy atom. The van der Waals surface area contributed by atoms with Crippen molar-refractivity contribution in [3.63, 3.8) is 0 Å². The van der Waals surface area contributed by atoms with E-state index < -0.39 is 16.0 Å². The molecule has 18 heavy (non-hydrogen) atoms. The molecule has 0 spiro atoms. The number of aryl methyl sites for hydroxylation is 1. The SMILES string of the molecule is CCC(CC)NS(=O)(=O)c1cc(C(=O)O)oc1C. The zero-order valence-electron chi connectivity index (χ0n) is 10.6. The summed E-state index contributed by atoms with van der Waals surface area (Å²) in [6.45, 7) is 5.18. The van der Waals surface area contributed by atoms with E-state index in [4.69, 9.17) is 9.52 Å². The number of carbonyl (C=O) groups is 1. The fourth-order valence-corrected chi connectivity index (χ4v) is 3.16. The Labute approximate surface area is 106 Å². The second kappa shape index (κ2) is 5.53. The van der Waals surface area contributed by atoms with Crippen LogP contribution in [0.2, 0.25) is 0 Å². The third kappa shape index (κ3) is 3.11. The number of nitrogens with one attached hydrogen (secondary N) is 1. The van der Waals surface area contributed by atoms with Gasteiger partial charge < -0.3 is 9.52 Å². The van der Waals surface area contributed by atoms with E-state index in [0.717, 1.165) is 6.07 Å². The number of carboxylic acid groups (broad SMARTS) is 1. The normalized spacial score (nSPS) is 12.0. The van der Waals surface area contributed by atoms with Crippen molar-refractivity contribution in [1.82, 2.24) is 4.72 Å². The molecule has 1 aromatic heterocycles. The van der Waals surface area contributed by atoms with E-state index >= 15 is 0 Å². The van der Waals surface area contributed by atoms with Crippen molar-refractivity contribution in [3.05, 3.63) is 17.6 Å². The first-order valence-corrected chi connectivity index (χ1v) is 7.16. The van der Waals surface area contributed by atoms with Crippen LogP contribution in [0, 0.1) is 6.92 Å². The Bertz CT molecular complexity index is 528. The summed E-state index contributed by atoms with van der Waals surface area (Å²) in [5, 5.41) is 8.75. The summed E-state index contributed by atoms with van der Waals surface area (Å²) in [5.41, 5.74) is 0. The third-order valence-corrected chi connectivity index (χ3v) is 4.31. The molecule has 0 fully saturated rings. The lowest BCUT2D eigenvalue weighted by molar-refractivity contribution is 0.0661. The second-order valence-electron chi connectivity index (χ2n) is 3.97. The van der Waals surface area contributed by atoms with Crippen LogP contribution in [0.5, 0.6) is 0 Å². The number of hydrogen-bond donors (Lipinski definition) is 2. The van der Waals surface area contributed by atoms with Gasteiger partial charge in [0.25, 0.3) is 0 Å². The van der Waals surface area contributed by atoms with Crippen LogP contribution in [0.25, 0.3) is 0 Å². The molecule has 6 nitrogen and oxygen atoms in total. The molecule has 0 aliphatic rings. The number of aromatic carboxylic acids is 1. The van der Waals surface area contributed by atoms with Gasteiger partial charge in [-0.25, -0.2) is 17.9 Å². The summed E-state index contributed by atoms with van der Waals surface area (Å²) in [6.07, 6.45) is 1.33. The average molecular weight is 275 g/mol. The van der Waals surface area contributed by atoms with E-state index in [1.54, 1.807) is 0 Å². The van der Waals surface area contributed by atoms with Crippen LogP contribution in [0.1, 0.15) is 43.0 Å². The molecule has 1 rings (SSSR count). The van der Waals surface area contributed by atoms with E-state index in [0.29, 0.717) is 12.8 Å². The molecule has 0 amide bonds. The average Bonchev–Trinajstić information content (AvgIpc) is 2.69. The van der Waals surface area contributed by atoms with Gasteiger partial charge in [-0.05, 0) is 19.8 Å². The van der Waals surface area contributed by atoms with Crippen molar-refractivity contribution in [2.45, 2.75) is 44.6 Å². The van der Waals surface area contributed by atoms with E-state index in [-0.39, 0.29) is 22.5 Å². The van der Waals surface area contributed by atoms with Gasteiger partial charge in [-0.3, -0.25) is 0 Å². The number of furan rings is 1. The van der Waals surface area contributed by atoms with Crippen LogP contribution in [0.4, 0.5) is 0 Å². The minimum atomic E-state index is -3.73. The predicted octanol–water partition coefficient (Wildman–Crippen LogP) is 1.75. The van der Waals surface area contributed by atoms with E-state index in [2.05, 4.69) is 4.72 Å². The van der Waals surface area contributed by atoms with Gasteiger partial charge in [0.05, 0.1) is 0 Å². The monoisotopic (exact) mass is 275 g/mol. The van der Waals surface area contributed by atoms with Gasteiger partial charge in [0.15, 0.2) is 0 Å². The highest BCUT2D eigenvalue weighted by Gasteiger charge is 2.25. The zero-order chi connectivity index (χ0) is 13.9. The van der Waals surface area contributed by atoms with Crippen molar-refractivity contribution in [1.29, 1.82) is 0 Å². The number of sulfonamides is 1. The highest BCUT2D eigenvalue weighted by Crippen LogP contribution is 2.20. The maximum absolute atomic E-state index is 12.1. The van der Waals surface area contributed by atoms with E-state index in [9.17, 15) is 13.2 Å². The summed E-state index contributed by atoms with van der Waals surface area (Å²) in [4.78, 5) is 10.6. The topological polar surface area (TPSA) is 96.6 Å². The predicted molar refractivity (Wildman–Crippen MR) is 65.1 cm³/mol. The lowest BCUT2D eigenvalue weighted by Crippen LogP contribution is -2.33. The highest BCUT2D eigenvalue weighted by molar-refractivity contribution is 7.89. The minimum Gasteiger partial charge on any atom is -0.475 e. The van der Waals surface area contributed by atoms with Gasteiger partial charge in [0.2, 0.25) is 15.8 Å². The quantitative estimate of drug-likeness (QED) is 0.824. The molecule has 0 radical (unpaired) electrons. The fraction of sp³-hybridized carbons (Fsp3) is 0.545. The molecule has 7 heteroatoms. The molecule has 0 aliphatic carbocycles. The summed E-state index contributed by atoms with van der Waals surface area (Å²) in [7, 11) is -3.73. The van der Waals surface area contributed by atoms with Gasteiger partial charge in [-0.15, -0.1) is 0 Å². The lowest BCUT2D eigenvalue weighted by Gasteiger charge is -2.14. The standard InChI is InChI=1S/C11H17NO5S/c1-4-8(5-2)12-18(15,16)10-6-9(11(13)14)17-7(10)3/h6,8,12H,4-5H2,1-3H3,(H,13,14). The number of hydrogen-bond acceptors (Lipinski definition) is 4. The smallest absolute Gasteiger partial charge is 0.371 e. The minimum absolute atomic E-state index is 0.0749. The van der Waals surface area contributed by atoms with E-state index in [1.165, 1.54) is 6.92 Å². The van der Waals surface area contributed by atoms with Crippen molar-refractivity contribution in [2.75, 3.05) is 0 Å². The molecule has 0 bridgehead atoms. The van der Waals surface area contributed by atoms with Crippen molar-refractivity contribution >= 4 is 16.0 Å². The van der Waals surface area contributed by atoms with Crippen LogP contribution in [0.15, 0.2) is 15.4 Å². The van der Waals surface area contributed by atoms with Crippen LogP contribution in [-0.4, -0.2) is 25.5 Å². The second-order valence-corrected chi connectivity index (χ2v) is 5.65. The molecule has 1 aromatic rings. The summed E-state index contributed by atoms with van der Waals surface area (Å²) in [6, 6.07) is 0.861. The largest absolute Gasteiger partial charge is 0.475 e. The Kier molecular flexibility index (Phi) is 4.53. The zero-order valence-corrected chi connectivity index (χ0v) is 11.4. The Balaban J connectivity index is 3.09. The summed E-state index contributed by atoms with van der Waals surface area (Å²) >= 11 is 0. The number of carboxylic acids is 1. The van der Waals surface area contributed by atoms with Crippen LogP contribution < -0.4 is 4.72 Å². The maximum atomic E-state index is 12.1. The van der Waals surface area contributed by atoms with Gasteiger partial charge >= 0.3 is 5.97 Å². The molecule has 0 unspecified atom stereocenters. The first-order valence-electron chi connectivity index (χ1n) is 5.67. The maximum Gasteiger partial charge on any atom is 0.371 e. The molecule has 0 saturated carbocycles. The molecule has 0 saturated heterocycles. The Hall–Kier alpha value is -1.34. The number of rotatable bonds is 6. The molecular formula is C11H17NO5S. The lowest BCUT2D eigenvalue weighted by atomic mass is 10.2. The van der Waals surface area contributed by atoms with Gasteiger partial charge in [0.1, 0.15) is 10.7 Å².